The van der Waals surface area contributed by atoms with Gasteiger partial charge in [-0.05, 0) is 66.2 Å². The van der Waals surface area contributed by atoms with Gasteiger partial charge in [-0.15, -0.1) is 0 Å². The van der Waals surface area contributed by atoms with Gasteiger partial charge >= 0.3 is 5.97 Å². The summed E-state index contributed by atoms with van der Waals surface area (Å²) in [5, 5.41) is 19.2. The maximum atomic E-state index is 11.1. The number of hydrogen-bond acceptors (Lipinski definition) is 7. The normalized spacial score (nSPS) is 10.9. The fourth-order valence-electron chi connectivity index (χ4n) is 4.07. The van der Waals surface area contributed by atoms with Crippen LogP contribution in [0.15, 0.2) is 98.8 Å². The molecule has 0 aliphatic rings. The molecule has 0 atom stereocenters. The summed E-state index contributed by atoms with van der Waals surface area (Å²) in [5.74, 6) is 2.00. The molecule has 0 saturated heterocycles. The Morgan fingerprint density at radius 1 is 0.821 bits per heavy atom. The fraction of sp³-hybridized carbons (Fsp3) is 0.0645. The third-order valence-corrected chi connectivity index (χ3v) is 6.08. The number of furan rings is 2. The predicted molar refractivity (Wildman–Crippen MR) is 146 cm³/mol. The first-order valence-electron chi connectivity index (χ1n) is 11.8. The number of hydrogen-bond donors (Lipinski definition) is 1. The molecule has 39 heavy (non-hydrogen) atoms. The smallest absolute Gasteiger partial charge is 0.335 e. The summed E-state index contributed by atoms with van der Waals surface area (Å²) < 4.78 is 22.6. The van der Waals surface area contributed by atoms with Crippen molar-refractivity contribution in [1.82, 2.24) is 0 Å². The lowest BCUT2D eigenvalue weighted by molar-refractivity contribution is 0.0697. The first-order valence-corrected chi connectivity index (χ1v) is 11.8. The number of nitrogens with zero attached hydrogens (tertiary/aromatic N) is 2. The first kappa shape index (κ1) is 25.1. The lowest BCUT2D eigenvalue weighted by Gasteiger charge is -2.06. The molecule has 0 bridgehead atoms. The molecule has 5 rings (SSSR count). The van der Waals surface area contributed by atoms with Gasteiger partial charge in [0.1, 0.15) is 40.4 Å². The molecule has 8 heteroatoms. The molecular formula is C31H22N2O6. The monoisotopic (exact) mass is 518 g/mol. The Labute approximate surface area is 224 Å². The standard InChI is InChI=1S/C31H22N2O6/c1-36-23-11-7-20(8-12-23)28-26(17-32)30(39-29(28)21-9-13-24(37-2)14-10-21)33-18-25-15-16-27(38-25)19-3-5-22(6-4-19)31(34)35/h3-16,18H,1-2H3,(H,34,35). The van der Waals surface area contributed by atoms with E-state index in [1.807, 2.05) is 48.5 Å². The van der Waals surface area contributed by atoms with E-state index in [4.69, 9.17) is 23.4 Å². The van der Waals surface area contributed by atoms with Gasteiger partial charge in [0.2, 0.25) is 5.88 Å². The van der Waals surface area contributed by atoms with Crippen molar-refractivity contribution in [2.24, 2.45) is 4.99 Å². The van der Waals surface area contributed by atoms with Crippen LogP contribution in [0.4, 0.5) is 5.88 Å². The second-order valence-corrected chi connectivity index (χ2v) is 8.40. The first-order chi connectivity index (χ1) is 19.0. The number of aliphatic imine (C=N–C) groups is 1. The highest BCUT2D eigenvalue weighted by Gasteiger charge is 2.23. The van der Waals surface area contributed by atoms with E-state index in [0.717, 1.165) is 16.7 Å². The molecular weight excluding hydrogens is 496 g/mol. The van der Waals surface area contributed by atoms with Crippen LogP contribution in [0.3, 0.4) is 0 Å². The van der Waals surface area contributed by atoms with Gasteiger partial charge < -0.3 is 23.4 Å². The summed E-state index contributed by atoms with van der Waals surface area (Å²) in [4.78, 5) is 15.6. The van der Waals surface area contributed by atoms with Crippen molar-refractivity contribution in [3.8, 4) is 51.3 Å². The molecule has 0 saturated carbocycles. The van der Waals surface area contributed by atoms with Crippen LogP contribution >= 0.6 is 0 Å². The largest absolute Gasteiger partial charge is 0.497 e. The van der Waals surface area contributed by atoms with Crippen LogP contribution in [0, 0.1) is 11.3 Å². The Balaban J connectivity index is 1.53. The van der Waals surface area contributed by atoms with Crippen molar-refractivity contribution in [2.75, 3.05) is 14.2 Å². The van der Waals surface area contributed by atoms with E-state index < -0.39 is 5.97 Å². The zero-order chi connectivity index (χ0) is 27.4. The Hall–Kier alpha value is -5.55. The summed E-state index contributed by atoms with van der Waals surface area (Å²) >= 11 is 0. The summed E-state index contributed by atoms with van der Waals surface area (Å²) in [6.45, 7) is 0. The number of carboxylic acids is 1. The average Bonchev–Trinajstić information content (AvgIpc) is 3.61. The van der Waals surface area contributed by atoms with E-state index in [0.29, 0.717) is 34.3 Å². The fourth-order valence-corrected chi connectivity index (χ4v) is 4.07. The third-order valence-electron chi connectivity index (χ3n) is 6.08. The maximum Gasteiger partial charge on any atom is 0.335 e. The van der Waals surface area contributed by atoms with Gasteiger partial charge in [-0.2, -0.15) is 5.26 Å². The van der Waals surface area contributed by atoms with Gasteiger partial charge in [0, 0.05) is 16.7 Å². The molecule has 8 nitrogen and oxygen atoms in total. The Morgan fingerprint density at radius 3 is 1.97 bits per heavy atom. The minimum Gasteiger partial charge on any atom is -0.497 e. The molecule has 5 aromatic rings. The second kappa shape index (κ2) is 10.8. The minimum atomic E-state index is -0.997. The molecule has 1 N–H and O–H groups in total. The van der Waals surface area contributed by atoms with E-state index in [2.05, 4.69) is 11.1 Å². The zero-order valence-corrected chi connectivity index (χ0v) is 21.0. The van der Waals surface area contributed by atoms with Crippen LogP contribution in [0.25, 0.3) is 33.8 Å². The Kier molecular flexibility index (Phi) is 6.97. The molecule has 2 heterocycles. The number of carboxylic acid groups (broad SMARTS) is 1. The summed E-state index contributed by atoms with van der Waals surface area (Å²) in [7, 11) is 3.19. The van der Waals surface area contributed by atoms with Gasteiger partial charge in [-0.3, -0.25) is 0 Å². The molecule has 192 valence electrons. The van der Waals surface area contributed by atoms with Gasteiger partial charge in [0.15, 0.2) is 0 Å². The maximum absolute atomic E-state index is 11.1. The number of benzene rings is 3. The van der Waals surface area contributed by atoms with Crippen LogP contribution in [0.5, 0.6) is 11.5 Å². The number of methoxy groups -OCH3 is 2. The van der Waals surface area contributed by atoms with Crippen LogP contribution in [-0.2, 0) is 0 Å². The number of rotatable bonds is 8. The van der Waals surface area contributed by atoms with Gasteiger partial charge in [0.25, 0.3) is 0 Å². The highest BCUT2D eigenvalue weighted by atomic mass is 16.5. The van der Waals surface area contributed by atoms with Gasteiger partial charge in [-0.25, -0.2) is 9.79 Å². The van der Waals surface area contributed by atoms with Gasteiger partial charge in [-0.1, -0.05) is 24.3 Å². The van der Waals surface area contributed by atoms with E-state index in [1.165, 1.54) is 18.3 Å². The molecule has 0 radical (unpaired) electrons. The van der Waals surface area contributed by atoms with Crippen molar-refractivity contribution in [1.29, 1.82) is 5.26 Å². The van der Waals surface area contributed by atoms with E-state index in [9.17, 15) is 10.1 Å². The third kappa shape index (κ3) is 5.15. The molecule has 3 aromatic carbocycles. The summed E-state index contributed by atoms with van der Waals surface area (Å²) in [5.41, 5.74) is 3.32. The number of ether oxygens (including phenoxy) is 2. The lowest BCUT2D eigenvalue weighted by Crippen LogP contribution is -1.94. The van der Waals surface area contributed by atoms with Crippen LogP contribution in [-0.4, -0.2) is 31.5 Å². The molecule has 0 aliphatic heterocycles. The highest BCUT2D eigenvalue weighted by molar-refractivity contribution is 5.90. The van der Waals surface area contributed by atoms with Crippen LogP contribution in [0.1, 0.15) is 21.7 Å². The second-order valence-electron chi connectivity index (χ2n) is 8.40. The Morgan fingerprint density at radius 2 is 1.41 bits per heavy atom. The Bertz CT molecular complexity index is 1690. The number of carbonyl (C=O) groups is 1. The van der Waals surface area contributed by atoms with Crippen molar-refractivity contribution < 1.29 is 28.2 Å². The zero-order valence-electron chi connectivity index (χ0n) is 21.0. The summed E-state index contributed by atoms with van der Waals surface area (Å²) in [6.07, 6.45) is 1.48. The lowest BCUT2D eigenvalue weighted by atomic mass is 9.98. The molecule has 0 fully saturated rings. The topological polar surface area (TPSA) is 118 Å². The van der Waals surface area contributed by atoms with Crippen molar-refractivity contribution in [3.05, 3.63) is 102 Å². The van der Waals surface area contributed by atoms with Crippen LogP contribution in [0.2, 0.25) is 0 Å². The average molecular weight is 519 g/mol. The van der Waals surface area contributed by atoms with Crippen molar-refractivity contribution >= 4 is 18.1 Å². The van der Waals surface area contributed by atoms with E-state index in [-0.39, 0.29) is 17.0 Å². The molecule has 0 spiro atoms. The SMILES string of the molecule is COc1ccc(-c2oc(N=Cc3ccc(-c4ccc(C(=O)O)cc4)o3)c(C#N)c2-c2ccc(OC)cc2)cc1. The summed E-state index contributed by atoms with van der Waals surface area (Å²) in [6, 6.07) is 26.8. The molecule has 0 unspecified atom stereocenters. The number of aromatic carboxylic acids is 1. The molecule has 0 amide bonds. The molecule has 0 aliphatic carbocycles. The predicted octanol–water partition coefficient (Wildman–Crippen LogP) is 7.21. The van der Waals surface area contributed by atoms with E-state index in [1.54, 1.807) is 38.5 Å². The van der Waals surface area contributed by atoms with Gasteiger partial charge in [0.05, 0.1) is 26.0 Å². The quantitative estimate of drug-likeness (QED) is 0.216. The minimum absolute atomic E-state index is 0.137. The number of nitriles is 1. The van der Waals surface area contributed by atoms with Crippen molar-refractivity contribution in [3.63, 3.8) is 0 Å². The highest BCUT2D eigenvalue weighted by Crippen LogP contribution is 2.43. The van der Waals surface area contributed by atoms with Crippen molar-refractivity contribution in [2.45, 2.75) is 0 Å². The van der Waals surface area contributed by atoms with E-state index >= 15 is 0 Å². The molecule has 2 aromatic heterocycles. The van der Waals surface area contributed by atoms with Crippen LogP contribution < -0.4 is 9.47 Å².